The Hall–Kier alpha value is -0.790. The molecule has 0 saturated carbocycles. The molecule has 0 saturated heterocycles. The fourth-order valence-corrected chi connectivity index (χ4v) is 0.932. The maximum atomic E-state index is 4.17. The average molecular weight is 137 g/mol. The number of aryl methyl sites for hydroxylation is 2. The Morgan fingerprint density at radius 3 is 3.00 bits per heavy atom. The molecule has 10 heavy (non-hydrogen) atoms. The first kappa shape index (κ1) is 7.32. The van der Waals surface area contributed by atoms with Crippen molar-refractivity contribution in [2.24, 2.45) is 0 Å². The van der Waals surface area contributed by atoms with Crippen molar-refractivity contribution in [3.8, 4) is 0 Å². The lowest BCUT2D eigenvalue weighted by Gasteiger charge is -1.93. The molecule has 2 nitrogen and oxygen atoms in total. The maximum Gasteiger partial charge on any atom is 0.0925 e. The van der Waals surface area contributed by atoms with E-state index in [2.05, 4.69) is 16.9 Å². The summed E-state index contributed by atoms with van der Waals surface area (Å²) in [4.78, 5) is 7.22. The highest BCUT2D eigenvalue weighted by molar-refractivity contribution is 5.08. The van der Waals surface area contributed by atoms with Gasteiger partial charge in [0.25, 0.3) is 0 Å². The van der Waals surface area contributed by atoms with Gasteiger partial charge in [-0.05, 0) is 19.8 Å². The van der Waals surface area contributed by atoms with E-state index in [0.717, 1.165) is 19.3 Å². The lowest BCUT2D eigenvalue weighted by atomic mass is 10.2. The van der Waals surface area contributed by atoms with Crippen LogP contribution in [0, 0.1) is 13.8 Å². The summed E-state index contributed by atoms with van der Waals surface area (Å²) in [5.74, 6) is 0. The Balaban J connectivity index is 2.49. The molecular weight excluding hydrogens is 124 g/mol. The van der Waals surface area contributed by atoms with E-state index in [4.69, 9.17) is 0 Å². The van der Waals surface area contributed by atoms with Gasteiger partial charge in [-0.25, -0.2) is 4.98 Å². The molecule has 2 heteroatoms. The molecule has 1 rings (SSSR count). The molecule has 55 valence electrons. The molecular formula is C8H13N2. The van der Waals surface area contributed by atoms with Crippen molar-refractivity contribution in [3.05, 3.63) is 24.6 Å². The third-order valence-electron chi connectivity index (χ3n) is 1.60. The smallest absolute Gasteiger partial charge is 0.0925 e. The Morgan fingerprint density at radius 2 is 2.50 bits per heavy atom. The van der Waals surface area contributed by atoms with Crippen LogP contribution in [0.5, 0.6) is 0 Å². The van der Waals surface area contributed by atoms with E-state index in [9.17, 15) is 0 Å². The monoisotopic (exact) mass is 137 g/mol. The van der Waals surface area contributed by atoms with Crippen molar-refractivity contribution >= 4 is 0 Å². The molecule has 0 atom stereocenters. The van der Waals surface area contributed by atoms with E-state index >= 15 is 0 Å². The van der Waals surface area contributed by atoms with Crippen LogP contribution in [0.25, 0.3) is 0 Å². The first-order valence-corrected chi connectivity index (χ1v) is 3.62. The largest absolute Gasteiger partial charge is 0.348 e. The van der Waals surface area contributed by atoms with E-state index in [1.54, 1.807) is 6.33 Å². The van der Waals surface area contributed by atoms with Crippen LogP contribution in [0.3, 0.4) is 0 Å². The van der Waals surface area contributed by atoms with Crippen LogP contribution < -0.4 is 0 Å². The summed E-state index contributed by atoms with van der Waals surface area (Å²) in [7, 11) is 0. The SMILES string of the molecule is [CH2]CCCc1nc[nH]c1C. The number of nitrogens with zero attached hydrogens (tertiary/aromatic N) is 1. The first-order valence-electron chi connectivity index (χ1n) is 3.62. The van der Waals surface area contributed by atoms with Gasteiger partial charge < -0.3 is 4.98 Å². The molecule has 0 aliphatic rings. The van der Waals surface area contributed by atoms with E-state index in [1.807, 2.05) is 6.92 Å². The minimum atomic E-state index is 0.992. The minimum Gasteiger partial charge on any atom is -0.348 e. The predicted molar refractivity (Wildman–Crippen MR) is 41.6 cm³/mol. The fourth-order valence-electron chi connectivity index (χ4n) is 0.932. The van der Waals surface area contributed by atoms with Crippen molar-refractivity contribution < 1.29 is 0 Å². The lowest BCUT2D eigenvalue weighted by Crippen LogP contribution is -1.87. The summed E-state index contributed by atoms with van der Waals surface area (Å²) in [6.45, 7) is 5.82. The Labute approximate surface area is 61.7 Å². The van der Waals surface area contributed by atoms with Crippen LogP contribution in [-0.4, -0.2) is 9.97 Å². The van der Waals surface area contributed by atoms with Gasteiger partial charge >= 0.3 is 0 Å². The fraction of sp³-hybridized carbons (Fsp3) is 0.500. The quantitative estimate of drug-likeness (QED) is 0.677. The topological polar surface area (TPSA) is 28.7 Å². The molecule has 0 unspecified atom stereocenters. The van der Waals surface area contributed by atoms with Crippen molar-refractivity contribution in [2.75, 3.05) is 0 Å². The summed E-state index contributed by atoms with van der Waals surface area (Å²) in [5.41, 5.74) is 2.37. The number of aromatic amines is 1. The van der Waals surface area contributed by atoms with Crippen molar-refractivity contribution in [1.29, 1.82) is 0 Å². The molecule has 0 bridgehead atoms. The van der Waals surface area contributed by atoms with Crippen molar-refractivity contribution in [2.45, 2.75) is 26.2 Å². The number of H-pyrrole nitrogens is 1. The molecule has 0 aliphatic heterocycles. The van der Waals surface area contributed by atoms with Crippen molar-refractivity contribution in [3.63, 3.8) is 0 Å². The molecule has 0 aliphatic carbocycles. The van der Waals surface area contributed by atoms with Crippen molar-refractivity contribution in [1.82, 2.24) is 9.97 Å². The number of unbranched alkanes of at least 4 members (excludes halogenated alkanes) is 1. The zero-order valence-corrected chi connectivity index (χ0v) is 6.35. The van der Waals surface area contributed by atoms with Gasteiger partial charge in [-0.1, -0.05) is 13.3 Å². The minimum absolute atomic E-state index is 0.992. The van der Waals surface area contributed by atoms with Gasteiger partial charge in [0.1, 0.15) is 0 Å². The maximum absolute atomic E-state index is 4.17. The predicted octanol–water partition coefficient (Wildman–Crippen LogP) is 1.87. The second kappa shape index (κ2) is 3.40. The van der Waals surface area contributed by atoms with E-state index in [-0.39, 0.29) is 0 Å². The molecule has 0 aromatic carbocycles. The van der Waals surface area contributed by atoms with Crippen LogP contribution in [0.2, 0.25) is 0 Å². The summed E-state index contributed by atoms with van der Waals surface area (Å²) < 4.78 is 0. The van der Waals surface area contributed by atoms with Gasteiger partial charge in [-0.15, -0.1) is 0 Å². The zero-order chi connectivity index (χ0) is 7.40. The average Bonchev–Trinajstić information content (AvgIpc) is 2.31. The Kier molecular flexibility index (Phi) is 2.49. The van der Waals surface area contributed by atoms with Gasteiger partial charge in [0, 0.05) is 5.69 Å². The van der Waals surface area contributed by atoms with Crippen LogP contribution in [0.15, 0.2) is 6.33 Å². The molecule has 1 N–H and O–H groups in total. The number of rotatable bonds is 3. The van der Waals surface area contributed by atoms with Gasteiger partial charge in [-0.2, -0.15) is 0 Å². The van der Waals surface area contributed by atoms with E-state index in [0.29, 0.717) is 0 Å². The second-order valence-electron chi connectivity index (χ2n) is 2.43. The molecule has 1 aromatic heterocycles. The van der Waals surface area contributed by atoms with Gasteiger partial charge in [0.05, 0.1) is 12.0 Å². The normalized spacial score (nSPS) is 10.2. The van der Waals surface area contributed by atoms with Crippen LogP contribution in [-0.2, 0) is 6.42 Å². The third kappa shape index (κ3) is 1.59. The van der Waals surface area contributed by atoms with Crippen LogP contribution in [0.4, 0.5) is 0 Å². The Bertz CT molecular complexity index is 191. The lowest BCUT2D eigenvalue weighted by molar-refractivity contribution is 0.816. The summed E-state index contributed by atoms with van der Waals surface area (Å²) in [6.07, 6.45) is 4.92. The first-order chi connectivity index (χ1) is 4.84. The van der Waals surface area contributed by atoms with Crippen LogP contribution in [0.1, 0.15) is 24.2 Å². The van der Waals surface area contributed by atoms with Gasteiger partial charge in [0.2, 0.25) is 0 Å². The summed E-state index contributed by atoms with van der Waals surface area (Å²) in [5, 5.41) is 0. The molecule has 0 spiro atoms. The number of nitrogens with one attached hydrogen (secondary N) is 1. The molecule has 1 aromatic rings. The molecule has 1 radical (unpaired) electrons. The number of hydrogen-bond donors (Lipinski definition) is 1. The number of imidazole rings is 1. The van der Waals surface area contributed by atoms with E-state index < -0.39 is 0 Å². The highest BCUT2D eigenvalue weighted by atomic mass is 14.9. The molecule has 1 heterocycles. The zero-order valence-electron chi connectivity index (χ0n) is 6.35. The number of hydrogen-bond acceptors (Lipinski definition) is 1. The van der Waals surface area contributed by atoms with Crippen LogP contribution >= 0.6 is 0 Å². The van der Waals surface area contributed by atoms with E-state index in [1.165, 1.54) is 11.4 Å². The molecule has 0 fully saturated rings. The third-order valence-corrected chi connectivity index (χ3v) is 1.60. The standard InChI is InChI=1S/C8H13N2/c1-3-4-5-8-7(2)9-6-10-8/h6H,1,3-5H2,2H3,(H,9,10). The van der Waals surface area contributed by atoms with Gasteiger partial charge in [-0.3, -0.25) is 0 Å². The van der Waals surface area contributed by atoms with Gasteiger partial charge in [0.15, 0.2) is 0 Å². The second-order valence-corrected chi connectivity index (χ2v) is 2.43. The summed E-state index contributed by atoms with van der Waals surface area (Å²) in [6, 6.07) is 0. The molecule has 0 amide bonds. The number of aromatic nitrogens is 2. The highest BCUT2D eigenvalue weighted by Gasteiger charge is 1.97. The summed E-state index contributed by atoms with van der Waals surface area (Å²) >= 11 is 0. The Morgan fingerprint density at radius 1 is 1.70 bits per heavy atom. The highest BCUT2D eigenvalue weighted by Crippen LogP contribution is 2.04.